The van der Waals surface area contributed by atoms with E-state index < -0.39 is 17.4 Å². The summed E-state index contributed by atoms with van der Waals surface area (Å²) in [5, 5.41) is 13.3. The summed E-state index contributed by atoms with van der Waals surface area (Å²) in [7, 11) is 0. The van der Waals surface area contributed by atoms with Gasteiger partial charge in [0.25, 0.3) is 5.91 Å². The number of nitrogens with one attached hydrogen (secondary N) is 3. The maximum absolute atomic E-state index is 12.7. The number of hydrogen-bond donors (Lipinski definition) is 4. The standard InChI is InChI=1S/C16H18ClN5O2.ClH/c1-16(15(18)24,9-3-2-4-10(17)7-9)20-14(23)13-11-8-19-6-5-12(11)21-22-13;/h2-4,7,19H,5-6,8H2,1H3,(H2,18,24)(H,20,23)(H,21,22);1H. The average Bonchev–Trinajstić information content (AvgIpc) is 2.98. The van der Waals surface area contributed by atoms with Gasteiger partial charge in [-0.2, -0.15) is 5.10 Å². The Morgan fingerprint density at radius 3 is 2.84 bits per heavy atom. The number of amides is 2. The van der Waals surface area contributed by atoms with Crippen molar-refractivity contribution >= 4 is 35.8 Å². The molecule has 0 saturated heterocycles. The molecule has 1 aromatic heterocycles. The molecule has 0 spiro atoms. The number of carbonyl (C=O) groups is 2. The highest BCUT2D eigenvalue weighted by molar-refractivity contribution is 6.30. The molecule has 3 rings (SSSR count). The number of nitrogens with zero attached hydrogens (tertiary/aromatic N) is 1. The lowest BCUT2D eigenvalue weighted by Crippen LogP contribution is -2.53. The molecule has 5 N–H and O–H groups in total. The van der Waals surface area contributed by atoms with Gasteiger partial charge in [-0.25, -0.2) is 0 Å². The van der Waals surface area contributed by atoms with Crippen LogP contribution in [0.25, 0.3) is 0 Å². The molecule has 1 aliphatic heterocycles. The summed E-state index contributed by atoms with van der Waals surface area (Å²) in [6, 6.07) is 6.68. The first-order chi connectivity index (χ1) is 11.4. The van der Waals surface area contributed by atoms with E-state index in [1.54, 1.807) is 31.2 Å². The fourth-order valence-corrected chi connectivity index (χ4v) is 2.97. The normalized spacial score (nSPS) is 15.4. The summed E-state index contributed by atoms with van der Waals surface area (Å²) in [6.45, 7) is 2.94. The van der Waals surface area contributed by atoms with Crippen LogP contribution >= 0.6 is 24.0 Å². The first-order valence-corrected chi connectivity index (χ1v) is 7.95. The Morgan fingerprint density at radius 1 is 1.40 bits per heavy atom. The fourth-order valence-electron chi connectivity index (χ4n) is 2.77. The van der Waals surface area contributed by atoms with Gasteiger partial charge in [0.2, 0.25) is 5.91 Å². The number of aromatic amines is 1. The van der Waals surface area contributed by atoms with Crippen molar-refractivity contribution in [1.29, 1.82) is 0 Å². The Labute approximate surface area is 156 Å². The summed E-state index contributed by atoms with van der Waals surface area (Å²) < 4.78 is 0. The third-order valence-electron chi connectivity index (χ3n) is 4.28. The number of hydrogen-bond acceptors (Lipinski definition) is 4. The van der Waals surface area contributed by atoms with E-state index >= 15 is 0 Å². The Morgan fingerprint density at radius 2 is 2.16 bits per heavy atom. The zero-order valence-electron chi connectivity index (χ0n) is 13.6. The fraction of sp³-hybridized carbons (Fsp3) is 0.312. The number of aromatic nitrogens is 2. The minimum Gasteiger partial charge on any atom is -0.367 e. The molecule has 1 aliphatic rings. The molecule has 2 heterocycles. The van der Waals surface area contributed by atoms with Crippen LogP contribution in [0.2, 0.25) is 5.02 Å². The molecule has 0 saturated carbocycles. The molecule has 0 aliphatic carbocycles. The lowest BCUT2D eigenvalue weighted by molar-refractivity contribution is -0.123. The summed E-state index contributed by atoms with van der Waals surface area (Å²) in [5.41, 5.74) is 6.69. The van der Waals surface area contributed by atoms with E-state index in [2.05, 4.69) is 20.8 Å². The SMILES string of the molecule is CC(NC(=O)c1n[nH]c2c1CNCC2)(C(N)=O)c1cccc(Cl)c1.Cl. The predicted octanol–water partition coefficient (Wildman–Crippen LogP) is 1.26. The molecule has 25 heavy (non-hydrogen) atoms. The van der Waals surface area contributed by atoms with E-state index in [1.807, 2.05) is 0 Å². The van der Waals surface area contributed by atoms with E-state index in [4.69, 9.17) is 17.3 Å². The lowest BCUT2D eigenvalue weighted by atomic mass is 9.90. The molecule has 1 atom stereocenters. The Bertz CT molecular complexity index is 808. The molecule has 2 aromatic rings. The molecule has 0 bridgehead atoms. The minimum atomic E-state index is -1.39. The van der Waals surface area contributed by atoms with Gasteiger partial charge in [-0.1, -0.05) is 23.7 Å². The first-order valence-electron chi connectivity index (χ1n) is 7.57. The van der Waals surface area contributed by atoms with E-state index in [0.29, 0.717) is 17.1 Å². The molecular weight excluding hydrogens is 365 g/mol. The van der Waals surface area contributed by atoms with E-state index in [0.717, 1.165) is 24.2 Å². The number of H-pyrrole nitrogens is 1. The third kappa shape index (κ3) is 3.63. The number of halogens is 2. The van der Waals surface area contributed by atoms with Crippen molar-refractivity contribution < 1.29 is 9.59 Å². The summed E-state index contributed by atoms with van der Waals surface area (Å²) in [6.07, 6.45) is 0.775. The first kappa shape index (κ1) is 19.2. The molecule has 0 radical (unpaired) electrons. The monoisotopic (exact) mass is 383 g/mol. The zero-order valence-corrected chi connectivity index (χ0v) is 15.1. The highest BCUT2D eigenvalue weighted by Crippen LogP contribution is 2.25. The molecule has 1 aromatic carbocycles. The predicted molar refractivity (Wildman–Crippen MR) is 96.7 cm³/mol. The molecule has 134 valence electrons. The second-order valence-corrected chi connectivity index (χ2v) is 6.35. The topological polar surface area (TPSA) is 113 Å². The largest absolute Gasteiger partial charge is 0.367 e. The third-order valence-corrected chi connectivity index (χ3v) is 4.51. The van der Waals surface area contributed by atoms with Gasteiger partial charge >= 0.3 is 0 Å². The number of nitrogens with two attached hydrogens (primary N) is 1. The maximum Gasteiger partial charge on any atom is 0.273 e. The molecule has 7 nitrogen and oxygen atoms in total. The van der Waals surface area contributed by atoms with Crippen LogP contribution in [0.4, 0.5) is 0 Å². The molecule has 2 amide bonds. The van der Waals surface area contributed by atoms with Crippen molar-refractivity contribution in [2.75, 3.05) is 6.54 Å². The van der Waals surface area contributed by atoms with Crippen LogP contribution in [0, 0.1) is 0 Å². The van der Waals surface area contributed by atoms with Crippen molar-refractivity contribution in [3.63, 3.8) is 0 Å². The lowest BCUT2D eigenvalue weighted by Gasteiger charge is -2.28. The van der Waals surface area contributed by atoms with E-state index in [-0.39, 0.29) is 18.1 Å². The van der Waals surface area contributed by atoms with Crippen LogP contribution in [0.3, 0.4) is 0 Å². The van der Waals surface area contributed by atoms with Gasteiger partial charge in [0.05, 0.1) is 0 Å². The smallest absolute Gasteiger partial charge is 0.273 e. The number of fused-ring (bicyclic) bond motifs is 1. The van der Waals surface area contributed by atoms with Crippen LogP contribution in [-0.4, -0.2) is 28.6 Å². The summed E-state index contributed by atoms with van der Waals surface area (Å²) in [4.78, 5) is 24.7. The van der Waals surface area contributed by atoms with Crippen LogP contribution in [-0.2, 0) is 23.3 Å². The van der Waals surface area contributed by atoms with Crippen LogP contribution in [0.15, 0.2) is 24.3 Å². The van der Waals surface area contributed by atoms with Crippen molar-refractivity contribution in [2.24, 2.45) is 5.73 Å². The zero-order chi connectivity index (χ0) is 17.3. The van der Waals surface area contributed by atoms with Crippen molar-refractivity contribution in [3.8, 4) is 0 Å². The van der Waals surface area contributed by atoms with Gasteiger partial charge in [-0.3, -0.25) is 14.7 Å². The number of primary amides is 1. The van der Waals surface area contributed by atoms with Crippen LogP contribution in [0.5, 0.6) is 0 Å². The number of rotatable bonds is 4. The van der Waals surface area contributed by atoms with E-state index in [9.17, 15) is 9.59 Å². The Balaban J connectivity index is 0.00000225. The summed E-state index contributed by atoms with van der Waals surface area (Å²) in [5.74, 6) is -1.14. The van der Waals surface area contributed by atoms with Gasteiger partial charge in [0, 0.05) is 35.8 Å². The van der Waals surface area contributed by atoms with Crippen LogP contribution in [0.1, 0.15) is 34.2 Å². The molecular formula is C16H19Cl2N5O2. The van der Waals surface area contributed by atoms with Gasteiger partial charge < -0.3 is 16.4 Å². The van der Waals surface area contributed by atoms with Crippen molar-refractivity contribution in [1.82, 2.24) is 20.8 Å². The van der Waals surface area contributed by atoms with Gasteiger partial charge in [-0.15, -0.1) is 12.4 Å². The molecule has 9 heteroatoms. The highest BCUT2D eigenvalue weighted by Gasteiger charge is 2.37. The van der Waals surface area contributed by atoms with Crippen molar-refractivity contribution in [3.05, 3.63) is 51.8 Å². The Kier molecular flexibility index (Phi) is 5.72. The minimum absolute atomic E-state index is 0. The highest BCUT2D eigenvalue weighted by atomic mass is 35.5. The van der Waals surface area contributed by atoms with Crippen molar-refractivity contribution in [2.45, 2.75) is 25.4 Å². The average molecular weight is 384 g/mol. The molecule has 1 unspecified atom stereocenters. The van der Waals surface area contributed by atoms with Crippen LogP contribution < -0.4 is 16.4 Å². The van der Waals surface area contributed by atoms with E-state index in [1.165, 1.54) is 0 Å². The number of carbonyl (C=O) groups excluding carboxylic acids is 2. The maximum atomic E-state index is 12.7. The van der Waals surface area contributed by atoms with Gasteiger partial charge in [0.1, 0.15) is 5.54 Å². The van der Waals surface area contributed by atoms with Gasteiger partial charge in [0.15, 0.2) is 5.69 Å². The Hall–Kier alpha value is -2.09. The second-order valence-electron chi connectivity index (χ2n) is 5.91. The van der Waals surface area contributed by atoms with Gasteiger partial charge in [-0.05, 0) is 24.6 Å². The molecule has 0 fully saturated rings. The number of benzene rings is 1. The second kappa shape index (κ2) is 7.43. The quantitative estimate of drug-likeness (QED) is 0.636. The summed E-state index contributed by atoms with van der Waals surface area (Å²) >= 11 is 6.00.